The van der Waals surface area contributed by atoms with Gasteiger partial charge in [-0.25, -0.2) is 0 Å². The van der Waals surface area contributed by atoms with E-state index in [1.165, 1.54) is 12.1 Å². The molecule has 0 radical (unpaired) electrons. The molecule has 1 amide bonds. The molecular formula is C24H41NO2. The van der Waals surface area contributed by atoms with Crippen molar-refractivity contribution in [1.29, 1.82) is 0 Å². The minimum Gasteiger partial charge on any atom is -0.508 e. The van der Waals surface area contributed by atoms with Crippen LogP contribution in [0.25, 0.3) is 0 Å². The van der Waals surface area contributed by atoms with Gasteiger partial charge < -0.3 is 10.4 Å². The third-order valence-corrected chi connectivity index (χ3v) is 2.24. The van der Waals surface area contributed by atoms with Crippen molar-refractivity contribution < 1.29 is 32.7 Å². The molecule has 3 heteroatoms. The predicted molar refractivity (Wildman–Crippen MR) is 138 cm³/mol. The summed E-state index contributed by atoms with van der Waals surface area (Å²) >= 11 is 0. The highest BCUT2D eigenvalue weighted by Gasteiger charge is 1.96. The Bertz CT molecular complexity index is 1250. The van der Waals surface area contributed by atoms with Gasteiger partial charge in [-0.2, -0.15) is 0 Å². The number of hydrogen-bond donors (Lipinski definition) is 2. The van der Waals surface area contributed by atoms with E-state index in [1.807, 2.05) is 0 Å². The van der Waals surface area contributed by atoms with Crippen LogP contribution in [0.5, 0.6) is 5.75 Å². The summed E-state index contributed by atoms with van der Waals surface area (Å²) < 4.78 is 0. The lowest BCUT2D eigenvalue weighted by Gasteiger charge is -1.99. The Morgan fingerprint density at radius 1 is 0.741 bits per heavy atom. The van der Waals surface area contributed by atoms with E-state index >= 15 is 0 Å². The van der Waals surface area contributed by atoms with Gasteiger partial charge in [0.2, 0.25) is 0 Å². The zero-order valence-electron chi connectivity index (χ0n) is 14.2. The summed E-state index contributed by atoms with van der Waals surface area (Å²) in [6.45, 7) is 1.69. The van der Waals surface area contributed by atoms with E-state index in [0.717, 1.165) is 0 Å². The summed E-state index contributed by atoms with van der Waals surface area (Å²) in [7, 11) is 0. The molecule has 0 saturated heterocycles. The SMILES string of the molecule is CC#CC#CC#CC#CC#CC#CC#CC#CC(=O)Nc1ccc(O)cc1.[HH].[HH].[HH].[HH].[HH].[HH].[HH].[HH].[HH].[HH].[HH].[HH].[HH].[HH].[HH].[HH]. The molecule has 154 valence electrons. The van der Waals surface area contributed by atoms with E-state index < -0.39 is 5.91 Å². The first kappa shape index (κ1) is 20.0. The Hall–Kier alpha value is -5.03. The summed E-state index contributed by atoms with van der Waals surface area (Å²) in [5.74, 6) is 39.1. The molecule has 0 aromatic heterocycles. The van der Waals surface area contributed by atoms with E-state index in [0.29, 0.717) is 5.69 Å². The van der Waals surface area contributed by atoms with Gasteiger partial charge in [0.1, 0.15) is 5.75 Å². The monoisotopic (exact) mass is 375 g/mol. The third kappa shape index (κ3) is 11.2. The van der Waals surface area contributed by atoms with E-state index in [1.54, 1.807) is 19.1 Å². The smallest absolute Gasteiger partial charge is 0.301 e. The summed E-state index contributed by atoms with van der Waals surface area (Å²) in [4.78, 5) is 11.5. The van der Waals surface area contributed by atoms with Crippen molar-refractivity contribution in [2.75, 3.05) is 5.32 Å². The number of benzene rings is 1. The third-order valence-electron chi connectivity index (χ3n) is 2.24. The van der Waals surface area contributed by atoms with Crippen molar-refractivity contribution in [3.8, 4) is 100 Å². The minimum absolute atomic E-state index is 0. The van der Waals surface area contributed by atoms with E-state index in [-0.39, 0.29) is 28.6 Å². The number of aromatic hydroxyl groups is 1. The summed E-state index contributed by atoms with van der Waals surface area (Å²) in [5.41, 5.74) is 0.516. The van der Waals surface area contributed by atoms with Gasteiger partial charge in [0.05, 0.1) is 0 Å². The van der Waals surface area contributed by atoms with Crippen molar-refractivity contribution in [2.45, 2.75) is 6.92 Å². The standard InChI is InChI=1S/C24H9NO2.16H2/c1-2-3-4-5-6-7-8-9-10-11-12-13-14-15-16-17-24(27)25-22-18-20-23(26)21-19-22;;;;;;;;;;;;;;;;/h18-21,26H,1H3,(H,25,27);16*1H. The van der Waals surface area contributed by atoms with Crippen molar-refractivity contribution in [3.05, 3.63) is 24.3 Å². The van der Waals surface area contributed by atoms with Crippen LogP contribution in [0.2, 0.25) is 0 Å². The number of hydrogen-bond acceptors (Lipinski definition) is 2. The van der Waals surface area contributed by atoms with Crippen molar-refractivity contribution in [1.82, 2.24) is 0 Å². The molecule has 0 aliphatic carbocycles. The first-order valence-corrected chi connectivity index (χ1v) is 7.25. The highest BCUT2D eigenvalue weighted by atomic mass is 16.3. The maximum Gasteiger partial charge on any atom is 0.301 e. The van der Waals surface area contributed by atoms with Crippen LogP contribution in [0.15, 0.2) is 24.3 Å². The molecular weight excluding hydrogens is 334 g/mol. The largest absolute Gasteiger partial charge is 0.508 e. The molecule has 0 aliphatic rings. The molecule has 0 heterocycles. The first-order valence-electron chi connectivity index (χ1n) is 7.25. The molecule has 0 spiro atoms. The lowest BCUT2D eigenvalue weighted by Crippen LogP contribution is -2.07. The Morgan fingerprint density at radius 2 is 1.15 bits per heavy atom. The maximum absolute atomic E-state index is 11.5. The fraction of sp³-hybridized carbons (Fsp3) is 0.0417. The van der Waals surface area contributed by atoms with Crippen molar-refractivity contribution in [3.63, 3.8) is 0 Å². The zero-order chi connectivity index (χ0) is 19.6. The van der Waals surface area contributed by atoms with Crippen LogP contribution in [0.1, 0.15) is 29.7 Å². The van der Waals surface area contributed by atoms with Crippen LogP contribution in [0.4, 0.5) is 5.69 Å². The van der Waals surface area contributed by atoms with Gasteiger partial charge in [-0.1, -0.05) is 5.92 Å². The molecule has 0 unspecified atom stereocenters. The number of carbonyl (C=O) groups is 1. The molecule has 1 rings (SSSR count). The fourth-order valence-electron chi connectivity index (χ4n) is 1.23. The molecule has 1 aromatic carbocycles. The maximum atomic E-state index is 11.5. The Kier molecular flexibility index (Phi) is 9.94. The molecule has 1 aromatic rings. The van der Waals surface area contributed by atoms with E-state index in [4.69, 9.17) is 5.11 Å². The minimum atomic E-state index is -0.523. The Morgan fingerprint density at radius 3 is 1.59 bits per heavy atom. The summed E-state index contributed by atoms with van der Waals surface area (Å²) in [5, 5.41) is 11.7. The average molecular weight is 376 g/mol. The van der Waals surface area contributed by atoms with Gasteiger partial charge in [0.25, 0.3) is 0 Å². The predicted octanol–water partition coefficient (Wildman–Crippen LogP) is 5.31. The van der Waals surface area contributed by atoms with Gasteiger partial charge in [0, 0.05) is 34.4 Å². The normalized spacial score (nSPS) is 6.11. The van der Waals surface area contributed by atoms with Crippen molar-refractivity contribution >= 4 is 11.6 Å². The molecule has 0 atom stereocenters. The van der Waals surface area contributed by atoms with Gasteiger partial charge in [-0.15, -0.1) is 0 Å². The Labute approximate surface area is 182 Å². The lowest BCUT2D eigenvalue weighted by molar-refractivity contribution is -0.111. The van der Waals surface area contributed by atoms with Crippen LogP contribution >= 0.6 is 0 Å². The molecule has 0 fully saturated rings. The van der Waals surface area contributed by atoms with E-state index in [2.05, 4.69) is 100 Å². The molecule has 27 heavy (non-hydrogen) atoms. The number of phenols is 1. The van der Waals surface area contributed by atoms with Gasteiger partial charge in [-0.3, -0.25) is 4.79 Å². The second-order valence-electron chi connectivity index (χ2n) is 4.13. The van der Waals surface area contributed by atoms with Gasteiger partial charge in [0.15, 0.2) is 0 Å². The van der Waals surface area contributed by atoms with Crippen LogP contribution in [0, 0.1) is 94.7 Å². The van der Waals surface area contributed by atoms with Crippen LogP contribution in [-0.2, 0) is 4.79 Å². The summed E-state index contributed by atoms with van der Waals surface area (Å²) in [6, 6.07) is 6.00. The number of amides is 1. The quantitative estimate of drug-likeness (QED) is 0.516. The molecule has 3 nitrogen and oxygen atoms in total. The van der Waals surface area contributed by atoms with Gasteiger partial charge in [-0.05, 0) is 114 Å². The second kappa shape index (κ2) is 13.4. The van der Waals surface area contributed by atoms with Crippen LogP contribution in [-0.4, -0.2) is 11.0 Å². The number of phenolic OH excluding ortho intramolecular Hbond substituents is 1. The van der Waals surface area contributed by atoms with Crippen molar-refractivity contribution in [2.24, 2.45) is 0 Å². The fourth-order valence-corrected chi connectivity index (χ4v) is 1.23. The molecule has 2 N–H and O–H groups in total. The van der Waals surface area contributed by atoms with Gasteiger partial charge >= 0.3 is 5.91 Å². The number of carbonyl (C=O) groups excluding carboxylic acids is 1. The number of rotatable bonds is 1. The summed E-state index contributed by atoms with van der Waals surface area (Å²) in [6.07, 6.45) is 0. The lowest BCUT2D eigenvalue weighted by atomic mass is 10.3. The Balaban J connectivity index is -0.0000000325. The topological polar surface area (TPSA) is 49.3 Å². The highest BCUT2D eigenvalue weighted by molar-refractivity contribution is 6.04. The highest BCUT2D eigenvalue weighted by Crippen LogP contribution is 2.13. The molecule has 0 aliphatic heterocycles. The average Bonchev–Trinajstić information content (AvgIpc) is 2.66. The molecule has 0 saturated carbocycles. The van der Waals surface area contributed by atoms with E-state index in [9.17, 15) is 4.79 Å². The molecule has 0 bridgehead atoms. The second-order valence-corrected chi connectivity index (χ2v) is 4.13. The van der Waals surface area contributed by atoms with Crippen LogP contribution in [0.3, 0.4) is 0 Å². The first-order chi connectivity index (χ1) is 13.2. The zero-order valence-corrected chi connectivity index (χ0v) is 14.2. The van der Waals surface area contributed by atoms with Crippen LogP contribution < -0.4 is 5.32 Å². The number of anilines is 1. The number of nitrogens with one attached hydrogen (secondary N) is 1.